The molecule has 0 saturated heterocycles. The van der Waals surface area contributed by atoms with Gasteiger partial charge in [0.05, 0.1) is 5.56 Å². The molecule has 1 heterocycles. The van der Waals surface area contributed by atoms with Crippen LogP contribution in [0.25, 0.3) is 0 Å². The number of aryl methyl sites for hydroxylation is 1. The molecular weight excluding hydrogens is 304 g/mol. The molecule has 1 aromatic carbocycles. The molecule has 0 aliphatic rings. The molecule has 0 N–H and O–H groups in total. The van der Waals surface area contributed by atoms with Crippen molar-refractivity contribution in [3.8, 4) is 0 Å². The average molecular weight is 316 g/mol. The third-order valence-corrected chi connectivity index (χ3v) is 3.94. The number of carbonyl (C=O) groups excluding carboxylic acids is 1. The molecule has 1 aromatic heterocycles. The number of carbonyl (C=O) groups is 1. The van der Waals surface area contributed by atoms with E-state index in [0.29, 0.717) is 25.0 Å². The second kappa shape index (κ2) is 6.39. The lowest BCUT2D eigenvalue weighted by Crippen LogP contribution is -2.10. The van der Waals surface area contributed by atoms with Crippen LogP contribution in [0.15, 0.2) is 35.7 Å². The van der Waals surface area contributed by atoms with Crippen molar-refractivity contribution >= 4 is 17.1 Å². The normalized spacial score (nSPS) is 11.6. The number of rotatable bonds is 5. The maximum atomic E-state index is 13.1. The first kappa shape index (κ1) is 15.7. The van der Waals surface area contributed by atoms with E-state index in [1.54, 1.807) is 11.3 Å². The van der Waals surface area contributed by atoms with Gasteiger partial charge in [0.25, 0.3) is 0 Å². The fourth-order valence-electron chi connectivity index (χ4n) is 1.94. The Morgan fingerprint density at radius 1 is 1.19 bits per heavy atom. The largest absolute Gasteiger partial charge is 0.419 e. The van der Waals surface area contributed by atoms with Gasteiger partial charge in [0.15, 0.2) is 5.78 Å². The van der Waals surface area contributed by atoms with Crippen LogP contribution < -0.4 is 0 Å². The zero-order valence-electron chi connectivity index (χ0n) is 10.9. The van der Waals surface area contributed by atoms with Gasteiger partial charge in [-0.1, -0.05) is 6.07 Å². The molecule has 112 valence electrons. The van der Waals surface area contributed by atoms with Crippen molar-refractivity contribution in [3.63, 3.8) is 0 Å². The standard InChI is InChI=1S/C15H12F4OS/c16-13-7-6-10(9-12(13)15(17,18)19)14(20)5-1-3-11-4-2-8-21-11/h2,4,6-9H,1,3,5H2. The first-order chi connectivity index (χ1) is 9.88. The summed E-state index contributed by atoms with van der Waals surface area (Å²) < 4.78 is 50.9. The summed E-state index contributed by atoms with van der Waals surface area (Å²) in [5.41, 5.74) is -1.50. The zero-order chi connectivity index (χ0) is 15.5. The molecule has 0 aliphatic carbocycles. The highest BCUT2D eigenvalue weighted by Crippen LogP contribution is 2.32. The van der Waals surface area contributed by atoms with Crippen molar-refractivity contribution in [2.24, 2.45) is 0 Å². The van der Waals surface area contributed by atoms with E-state index in [1.807, 2.05) is 17.5 Å². The van der Waals surface area contributed by atoms with E-state index in [2.05, 4.69) is 0 Å². The summed E-state index contributed by atoms with van der Waals surface area (Å²) in [5.74, 6) is -1.77. The molecule has 2 rings (SSSR count). The van der Waals surface area contributed by atoms with Crippen molar-refractivity contribution in [1.29, 1.82) is 0 Å². The summed E-state index contributed by atoms with van der Waals surface area (Å²) in [7, 11) is 0. The molecule has 1 nitrogen and oxygen atoms in total. The Morgan fingerprint density at radius 2 is 1.95 bits per heavy atom. The molecule has 21 heavy (non-hydrogen) atoms. The van der Waals surface area contributed by atoms with Gasteiger partial charge in [0.2, 0.25) is 0 Å². The van der Waals surface area contributed by atoms with Gasteiger partial charge >= 0.3 is 6.18 Å². The molecule has 6 heteroatoms. The topological polar surface area (TPSA) is 17.1 Å². The highest BCUT2D eigenvalue weighted by Gasteiger charge is 2.34. The van der Waals surface area contributed by atoms with Gasteiger partial charge in [-0.25, -0.2) is 4.39 Å². The van der Waals surface area contributed by atoms with Crippen LogP contribution in [0.1, 0.15) is 33.6 Å². The maximum absolute atomic E-state index is 13.1. The van der Waals surface area contributed by atoms with Gasteiger partial charge < -0.3 is 0 Å². The predicted molar refractivity (Wildman–Crippen MR) is 73.0 cm³/mol. The van der Waals surface area contributed by atoms with E-state index in [1.165, 1.54) is 0 Å². The number of benzene rings is 1. The van der Waals surface area contributed by atoms with Crippen LogP contribution in [-0.4, -0.2) is 5.78 Å². The first-order valence-corrected chi connectivity index (χ1v) is 7.18. The fraction of sp³-hybridized carbons (Fsp3) is 0.267. The van der Waals surface area contributed by atoms with Gasteiger partial charge in [-0.05, 0) is 42.5 Å². The highest BCUT2D eigenvalue weighted by atomic mass is 32.1. The summed E-state index contributed by atoms with van der Waals surface area (Å²) in [5, 5.41) is 1.92. The molecule has 0 unspecified atom stereocenters. The van der Waals surface area contributed by atoms with Crippen LogP contribution in [0.2, 0.25) is 0 Å². The molecular formula is C15H12F4OS. The summed E-state index contributed by atoms with van der Waals surface area (Å²) >= 11 is 1.57. The number of hydrogen-bond acceptors (Lipinski definition) is 2. The summed E-state index contributed by atoms with van der Waals surface area (Å²) in [6, 6.07) is 6.21. The van der Waals surface area contributed by atoms with Crippen LogP contribution in [0, 0.1) is 5.82 Å². The van der Waals surface area contributed by atoms with E-state index in [9.17, 15) is 22.4 Å². The van der Waals surface area contributed by atoms with Crippen molar-refractivity contribution in [3.05, 3.63) is 57.5 Å². The molecule has 0 amide bonds. The van der Waals surface area contributed by atoms with Crippen molar-refractivity contribution in [2.75, 3.05) is 0 Å². The van der Waals surface area contributed by atoms with Crippen LogP contribution in [0.4, 0.5) is 17.6 Å². The quantitative estimate of drug-likeness (QED) is 0.553. The molecule has 0 bridgehead atoms. The molecule has 0 aliphatic heterocycles. The summed E-state index contributed by atoms with van der Waals surface area (Å²) in [6.07, 6.45) is -3.40. The Balaban J connectivity index is 2.02. The molecule has 0 spiro atoms. The van der Waals surface area contributed by atoms with Crippen LogP contribution in [0.3, 0.4) is 0 Å². The second-order valence-electron chi connectivity index (χ2n) is 4.55. The Labute approximate surface area is 123 Å². The van der Waals surface area contributed by atoms with Crippen LogP contribution in [0.5, 0.6) is 0 Å². The first-order valence-electron chi connectivity index (χ1n) is 6.30. The van der Waals surface area contributed by atoms with Crippen LogP contribution in [-0.2, 0) is 12.6 Å². The van der Waals surface area contributed by atoms with Crippen molar-refractivity contribution in [1.82, 2.24) is 0 Å². The Bertz CT molecular complexity index is 617. The predicted octanol–water partition coefficient (Wildman–Crippen LogP) is 5.11. The lowest BCUT2D eigenvalue weighted by molar-refractivity contribution is -0.140. The zero-order valence-corrected chi connectivity index (χ0v) is 11.7. The summed E-state index contributed by atoms with van der Waals surface area (Å²) in [4.78, 5) is 13.0. The number of ketones is 1. The monoisotopic (exact) mass is 316 g/mol. The molecule has 0 atom stereocenters. The maximum Gasteiger partial charge on any atom is 0.419 e. The molecule has 0 fully saturated rings. The molecule has 0 radical (unpaired) electrons. The smallest absolute Gasteiger partial charge is 0.294 e. The Morgan fingerprint density at radius 3 is 2.57 bits per heavy atom. The minimum absolute atomic E-state index is 0.102. The van der Waals surface area contributed by atoms with Gasteiger partial charge in [-0.2, -0.15) is 13.2 Å². The van der Waals surface area contributed by atoms with Gasteiger partial charge in [0, 0.05) is 16.9 Å². The number of halogens is 4. The van der Waals surface area contributed by atoms with E-state index in [-0.39, 0.29) is 12.0 Å². The van der Waals surface area contributed by atoms with Crippen LogP contribution >= 0.6 is 11.3 Å². The van der Waals surface area contributed by atoms with E-state index < -0.39 is 23.3 Å². The average Bonchev–Trinajstić information content (AvgIpc) is 2.91. The fourth-order valence-corrected chi connectivity index (χ4v) is 2.69. The van der Waals surface area contributed by atoms with E-state index >= 15 is 0 Å². The minimum atomic E-state index is -4.79. The number of alkyl halides is 3. The second-order valence-corrected chi connectivity index (χ2v) is 5.58. The number of thiophene rings is 1. The number of hydrogen-bond donors (Lipinski definition) is 0. The highest BCUT2D eigenvalue weighted by molar-refractivity contribution is 7.09. The SMILES string of the molecule is O=C(CCCc1cccs1)c1ccc(F)c(C(F)(F)F)c1. The number of Topliss-reactive ketones (excluding diaryl/α,β-unsaturated/α-hetero) is 1. The molecule has 2 aromatic rings. The lowest BCUT2D eigenvalue weighted by Gasteiger charge is -2.09. The van der Waals surface area contributed by atoms with Crippen molar-refractivity contribution in [2.45, 2.75) is 25.4 Å². The summed E-state index contributed by atoms with van der Waals surface area (Å²) in [6.45, 7) is 0. The molecule has 0 saturated carbocycles. The Kier molecular flexibility index (Phi) is 4.77. The lowest BCUT2D eigenvalue weighted by atomic mass is 10.0. The van der Waals surface area contributed by atoms with E-state index in [0.717, 1.165) is 10.9 Å². The minimum Gasteiger partial charge on any atom is -0.294 e. The van der Waals surface area contributed by atoms with Gasteiger partial charge in [-0.3, -0.25) is 4.79 Å². The van der Waals surface area contributed by atoms with E-state index in [4.69, 9.17) is 0 Å². The third kappa shape index (κ3) is 4.14. The van der Waals surface area contributed by atoms with Crippen molar-refractivity contribution < 1.29 is 22.4 Å². The van der Waals surface area contributed by atoms with Gasteiger partial charge in [-0.15, -0.1) is 11.3 Å². The Hall–Kier alpha value is -1.69. The third-order valence-electron chi connectivity index (χ3n) is 3.00. The van der Waals surface area contributed by atoms with Gasteiger partial charge in [0.1, 0.15) is 5.82 Å².